The van der Waals surface area contributed by atoms with E-state index in [-0.39, 0.29) is 42.7 Å². The molecule has 0 rings (SSSR count). The van der Waals surface area contributed by atoms with Crippen molar-refractivity contribution in [1.29, 1.82) is 0 Å². The van der Waals surface area contributed by atoms with Crippen LogP contribution >= 0.6 is 0 Å². The molecule has 8 heteroatoms. The smallest absolute Gasteiger partial charge is 0.306 e. The Morgan fingerprint density at radius 2 is 1.02 bits per heavy atom. The molecule has 0 bridgehead atoms. The Hall–Kier alpha value is -3.49. The number of rotatable bonds is 38. The van der Waals surface area contributed by atoms with Gasteiger partial charge in [0.15, 0.2) is 6.10 Å². The van der Waals surface area contributed by atoms with Gasteiger partial charge in [0.1, 0.15) is 12.6 Å². The van der Waals surface area contributed by atoms with Crippen LogP contribution in [0.15, 0.2) is 85.1 Å². The van der Waals surface area contributed by atoms with Crippen LogP contribution in [0.2, 0.25) is 0 Å². The molecule has 0 saturated heterocycles. The highest BCUT2D eigenvalue weighted by Crippen LogP contribution is 2.14. The lowest BCUT2D eigenvalue weighted by molar-refractivity contribution is -0.889. The summed E-state index contributed by atoms with van der Waals surface area (Å²) < 4.78 is 17.1. The number of ether oxygens (including phenoxy) is 3. The summed E-state index contributed by atoms with van der Waals surface area (Å²) in [6, 6.07) is -0.737. The number of carboxylic acid groups (broad SMARTS) is 1. The van der Waals surface area contributed by atoms with E-state index in [4.69, 9.17) is 14.2 Å². The van der Waals surface area contributed by atoms with E-state index in [0.717, 1.165) is 70.6 Å². The van der Waals surface area contributed by atoms with E-state index >= 15 is 0 Å². The number of likely N-dealkylation sites (N-methyl/N-ethyl adjacent to an activating group) is 1. The lowest BCUT2D eigenvalue weighted by atomic mass is 10.0. The van der Waals surface area contributed by atoms with E-state index in [0.29, 0.717) is 12.8 Å². The molecule has 2 atom stereocenters. The van der Waals surface area contributed by atoms with Crippen LogP contribution in [0.4, 0.5) is 0 Å². The normalized spacial score (nSPS) is 13.8. The molecule has 0 aliphatic carbocycles. The maximum Gasteiger partial charge on any atom is 0.306 e. The van der Waals surface area contributed by atoms with Crippen molar-refractivity contribution in [2.45, 2.75) is 167 Å². The molecule has 0 aromatic carbocycles. The monoisotopic (exact) mass is 796 g/mol. The third-order valence-corrected chi connectivity index (χ3v) is 9.37. The SMILES string of the molecule is CC/C=C/C=C/C=C/C=C/CCCCCC(=O)OCC(COCCC(C(=O)[O-])[N+](C)(C)C)OC(=O)CCCCCCCCCCCC/C=C/C/C=C/C/C=C/CC. The first-order valence-corrected chi connectivity index (χ1v) is 22.2. The number of hydrogen-bond acceptors (Lipinski definition) is 7. The first kappa shape index (κ1) is 53.5. The number of quaternary nitrogens is 1. The molecule has 2 unspecified atom stereocenters. The molecule has 0 heterocycles. The number of hydrogen-bond donors (Lipinski definition) is 0. The Balaban J connectivity index is 4.37. The van der Waals surface area contributed by atoms with E-state index in [9.17, 15) is 19.5 Å². The summed E-state index contributed by atoms with van der Waals surface area (Å²) >= 11 is 0. The zero-order valence-corrected chi connectivity index (χ0v) is 36.7. The van der Waals surface area contributed by atoms with Crippen molar-refractivity contribution in [2.24, 2.45) is 0 Å². The third-order valence-electron chi connectivity index (χ3n) is 9.37. The van der Waals surface area contributed by atoms with Gasteiger partial charge >= 0.3 is 11.9 Å². The molecule has 0 N–H and O–H groups in total. The van der Waals surface area contributed by atoms with Crippen molar-refractivity contribution < 1.29 is 38.2 Å². The van der Waals surface area contributed by atoms with Crippen molar-refractivity contribution in [3.05, 3.63) is 85.1 Å². The Bertz CT molecular complexity index is 1200. The summed E-state index contributed by atoms with van der Waals surface area (Å²) in [6.07, 6.45) is 50.4. The summed E-state index contributed by atoms with van der Waals surface area (Å²) in [5.74, 6) is -1.80. The Morgan fingerprint density at radius 1 is 0.544 bits per heavy atom. The molecule has 0 aromatic rings. The average Bonchev–Trinajstić information content (AvgIpc) is 3.17. The van der Waals surface area contributed by atoms with Gasteiger partial charge < -0.3 is 28.6 Å². The van der Waals surface area contributed by atoms with Crippen LogP contribution < -0.4 is 5.11 Å². The number of nitrogens with zero attached hydrogens (tertiary/aromatic N) is 1. The van der Waals surface area contributed by atoms with Gasteiger partial charge in [0.05, 0.1) is 40.3 Å². The quantitative estimate of drug-likeness (QED) is 0.0202. The topological polar surface area (TPSA) is 102 Å². The fourth-order valence-corrected chi connectivity index (χ4v) is 5.98. The van der Waals surface area contributed by atoms with Gasteiger partial charge in [-0.3, -0.25) is 9.59 Å². The van der Waals surface area contributed by atoms with Gasteiger partial charge in [-0.25, -0.2) is 0 Å². The number of carbonyl (C=O) groups is 3. The van der Waals surface area contributed by atoms with Crippen LogP contribution in [0.1, 0.15) is 155 Å². The van der Waals surface area contributed by atoms with Crippen LogP contribution in [0.3, 0.4) is 0 Å². The highest BCUT2D eigenvalue weighted by atomic mass is 16.6. The molecule has 0 spiro atoms. The third kappa shape index (κ3) is 37.8. The highest BCUT2D eigenvalue weighted by molar-refractivity contribution is 5.70. The molecular formula is C49H81NO7. The largest absolute Gasteiger partial charge is 0.544 e. The van der Waals surface area contributed by atoms with Crippen molar-refractivity contribution >= 4 is 17.9 Å². The summed E-state index contributed by atoms with van der Waals surface area (Å²) in [4.78, 5) is 36.8. The minimum Gasteiger partial charge on any atom is -0.544 e. The van der Waals surface area contributed by atoms with E-state index in [2.05, 4.69) is 62.5 Å². The number of allylic oxidation sites excluding steroid dienone is 14. The number of carbonyl (C=O) groups excluding carboxylic acids is 3. The van der Waals surface area contributed by atoms with Gasteiger partial charge in [0.25, 0.3) is 0 Å². The molecule has 0 aliphatic heterocycles. The summed E-state index contributed by atoms with van der Waals surface area (Å²) in [5, 5.41) is 11.6. The molecule has 0 radical (unpaired) electrons. The van der Waals surface area contributed by atoms with Crippen LogP contribution in [0, 0.1) is 0 Å². The second kappa shape index (κ2) is 39.3. The molecule has 0 fully saturated rings. The summed E-state index contributed by atoms with van der Waals surface area (Å²) in [6.45, 7) is 4.35. The number of aliphatic carboxylic acids is 1. The molecule has 324 valence electrons. The maximum atomic E-state index is 12.7. The molecule has 0 saturated carbocycles. The average molecular weight is 796 g/mol. The fourth-order valence-electron chi connectivity index (χ4n) is 5.98. The van der Waals surface area contributed by atoms with E-state index in [1.165, 1.54) is 51.4 Å². The molecule has 0 amide bonds. The molecule has 8 nitrogen and oxygen atoms in total. The predicted octanol–water partition coefficient (Wildman–Crippen LogP) is 10.8. The van der Waals surface area contributed by atoms with Gasteiger partial charge in [0.2, 0.25) is 0 Å². The zero-order chi connectivity index (χ0) is 42.1. The van der Waals surface area contributed by atoms with Gasteiger partial charge in [-0.1, -0.05) is 157 Å². The lowest BCUT2D eigenvalue weighted by Gasteiger charge is -2.34. The van der Waals surface area contributed by atoms with Crippen LogP contribution in [-0.4, -0.2) is 75.5 Å². The van der Waals surface area contributed by atoms with Crippen LogP contribution in [0.5, 0.6) is 0 Å². The summed E-state index contributed by atoms with van der Waals surface area (Å²) in [7, 11) is 5.38. The van der Waals surface area contributed by atoms with Crippen LogP contribution in [-0.2, 0) is 28.6 Å². The van der Waals surface area contributed by atoms with E-state index in [1.54, 1.807) is 21.1 Å². The van der Waals surface area contributed by atoms with Gasteiger partial charge in [-0.2, -0.15) is 0 Å². The summed E-state index contributed by atoms with van der Waals surface area (Å²) in [5.41, 5.74) is 0. The Morgan fingerprint density at radius 3 is 1.60 bits per heavy atom. The van der Waals surface area contributed by atoms with E-state index in [1.807, 2.05) is 36.5 Å². The second-order valence-electron chi connectivity index (χ2n) is 15.6. The van der Waals surface area contributed by atoms with Crippen molar-refractivity contribution in [3.8, 4) is 0 Å². The highest BCUT2D eigenvalue weighted by Gasteiger charge is 2.25. The van der Waals surface area contributed by atoms with Gasteiger partial charge in [0, 0.05) is 19.3 Å². The van der Waals surface area contributed by atoms with Crippen molar-refractivity contribution in [1.82, 2.24) is 0 Å². The molecule has 57 heavy (non-hydrogen) atoms. The fraction of sp³-hybridized carbons (Fsp3) is 0.653. The first-order chi connectivity index (χ1) is 27.6. The standard InChI is InChI=1S/C49H81NO7/c1-6-8-10-12-14-16-18-20-21-22-23-24-25-26-28-30-32-34-36-38-40-48(52)57-45(43-55-42-41-46(49(53)54)50(3,4)5)44-56-47(51)39-37-35-33-31-29-27-19-17-15-13-11-9-7-2/h8-11,13-17,19-21,27,29,45-46H,6-7,12,18,22-26,28,30-44H2,1-5H3/b10-8+,11-9+,15-13+,16-14+,19-17+,21-20+,29-27+. The lowest BCUT2D eigenvalue weighted by Crippen LogP contribution is -2.55. The molecule has 0 aliphatic rings. The molecular weight excluding hydrogens is 715 g/mol. The number of carboxylic acids is 1. The predicted molar refractivity (Wildman–Crippen MR) is 235 cm³/mol. The minimum atomic E-state index is -1.14. The first-order valence-electron chi connectivity index (χ1n) is 22.2. The maximum absolute atomic E-state index is 12.7. The van der Waals surface area contributed by atoms with Crippen molar-refractivity contribution in [3.63, 3.8) is 0 Å². The van der Waals surface area contributed by atoms with Crippen LogP contribution in [0.25, 0.3) is 0 Å². The van der Waals surface area contributed by atoms with Gasteiger partial charge in [-0.05, 0) is 64.2 Å². The zero-order valence-electron chi connectivity index (χ0n) is 36.7. The Labute approximate surface area is 348 Å². The van der Waals surface area contributed by atoms with Crippen molar-refractivity contribution in [2.75, 3.05) is 41.0 Å². The Kier molecular flexibility index (Phi) is 36.9. The molecule has 0 aromatic heterocycles. The van der Waals surface area contributed by atoms with E-state index < -0.39 is 18.1 Å². The number of unbranched alkanes of at least 4 members (excludes halogenated alkanes) is 13. The van der Waals surface area contributed by atoms with Gasteiger partial charge in [-0.15, -0.1) is 0 Å². The minimum absolute atomic E-state index is 0.0215. The second-order valence-corrected chi connectivity index (χ2v) is 15.6. The number of esters is 2.